The highest BCUT2D eigenvalue weighted by molar-refractivity contribution is 6.95. The average molecular weight is 587 g/mol. The fraction of sp³-hybridized carbons (Fsp3) is 0.0698. The van der Waals surface area contributed by atoms with Gasteiger partial charge in [-0.1, -0.05) is 141 Å². The third kappa shape index (κ3) is 3.22. The van der Waals surface area contributed by atoms with Crippen molar-refractivity contribution >= 4 is 62.0 Å². The van der Waals surface area contributed by atoms with Gasteiger partial charge in [-0.3, -0.25) is 0 Å². The van der Waals surface area contributed by atoms with E-state index in [1.54, 1.807) is 0 Å². The predicted octanol–water partition coefficient (Wildman–Crippen LogP) is 9.30. The van der Waals surface area contributed by atoms with Crippen LogP contribution in [0.4, 0.5) is 11.4 Å². The zero-order chi connectivity index (χ0) is 30.6. The van der Waals surface area contributed by atoms with Crippen LogP contribution in [-0.4, -0.2) is 11.3 Å². The molecule has 0 saturated heterocycles. The van der Waals surface area contributed by atoms with Crippen molar-refractivity contribution < 1.29 is 0 Å². The van der Waals surface area contributed by atoms with Gasteiger partial charge in [-0.05, 0) is 58.0 Å². The van der Waals surface area contributed by atoms with Crippen LogP contribution in [0.2, 0.25) is 0 Å². The molecule has 3 heteroatoms. The van der Waals surface area contributed by atoms with Gasteiger partial charge in [-0.15, -0.1) is 0 Å². The maximum atomic E-state index is 2.57. The Balaban J connectivity index is 1.40. The normalized spacial score (nSPS) is 16.0. The third-order valence-electron chi connectivity index (χ3n) is 10.6. The highest BCUT2D eigenvalue weighted by atomic mass is 15.2. The van der Waals surface area contributed by atoms with E-state index < -0.39 is 0 Å². The molecule has 0 unspecified atom stereocenters. The molecule has 3 aliphatic rings. The van der Waals surface area contributed by atoms with Gasteiger partial charge < -0.3 is 9.47 Å². The quantitative estimate of drug-likeness (QED) is 0.187. The molecule has 10 rings (SSSR count). The summed E-state index contributed by atoms with van der Waals surface area (Å²) in [6.07, 6.45) is 0. The molecular weight excluding hydrogens is 555 g/mol. The van der Waals surface area contributed by atoms with Crippen LogP contribution in [0.5, 0.6) is 0 Å². The number of hydrogen-bond acceptors (Lipinski definition) is 1. The van der Waals surface area contributed by atoms with E-state index in [9.17, 15) is 0 Å². The summed E-state index contributed by atoms with van der Waals surface area (Å²) in [6.45, 7) is 5.03. The van der Waals surface area contributed by atoms with E-state index in [-0.39, 0.29) is 12.1 Å². The fourth-order valence-electron chi connectivity index (χ4n) is 8.90. The Morgan fingerprint density at radius 3 is 1.91 bits per heavy atom. The first-order valence-electron chi connectivity index (χ1n) is 16.3. The molecule has 0 atom stereocenters. The molecule has 6 aromatic carbocycles. The van der Waals surface area contributed by atoms with Gasteiger partial charge in [0.15, 0.2) is 0 Å². The Kier molecular flexibility index (Phi) is 5.18. The highest BCUT2D eigenvalue weighted by Gasteiger charge is 2.53. The monoisotopic (exact) mass is 586 g/mol. The second kappa shape index (κ2) is 9.25. The smallest absolute Gasteiger partial charge is 0.248 e. The lowest BCUT2D eigenvalue weighted by molar-refractivity contribution is 0.637. The lowest BCUT2D eigenvalue weighted by Gasteiger charge is -2.43. The van der Waals surface area contributed by atoms with Gasteiger partial charge in [-0.2, -0.15) is 0 Å². The summed E-state index contributed by atoms with van der Waals surface area (Å²) < 4.78 is 2.54. The molecule has 0 bridgehead atoms. The van der Waals surface area contributed by atoms with Crippen LogP contribution >= 0.6 is 0 Å². The number of benzene rings is 6. The molecule has 0 fully saturated rings. The Labute approximate surface area is 269 Å². The third-order valence-corrected chi connectivity index (χ3v) is 10.6. The van der Waals surface area contributed by atoms with Gasteiger partial charge >= 0.3 is 0 Å². The second-order valence-corrected chi connectivity index (χ2v) is 13.3. The van der Waals surface area contributed by atoms with E-state index in [1.807, 2.05) is 0 Å². The molecule has 2 nitrogen and oxygen atoms in total. The van der Waals surface area contributed by atoms with E-state index >= 15 is 0 Å². The summed E-state index contributed by atoms with van der Waals surface area (Å²) in [5.74, 6) is 0. The molecular formula is C43H31BN2. The summed E-state index contributed by atoms with van der Waals surface area (Å²) in [5.41, 5.74) is 16.9. The topological polar surface area (TPSA) is 8.17 Å². The minimum atomic E-state index is -0.263. The Morgan fingerprint density at radius 1 is 0.543 bits per heavy atom. The molecule has 0 saturated carbocycles. The maximum Gasteiger partial charge on any atom is 0.248 e. The molecule has 2 aliphatic heterocycles. The molecule has 7 aromatic rings. The molecule has 0 radical (unpaired) electrons. The number of hydrogen-bond donors (Lipinski definition) is 0. The van der Waals surface area contributed by atoms with Crippen molar-refractivity contribution in [3.63, 3.8) is 0 Å². The summed E-state index contributed by atoms with van der Waals surface area (Å²) in [5, 5.41) is 2.63. The van der Waals surface area contributed by atoms with Crippen LogP contribution in [-0.2, 0) is 0 Å². The zero-order valence-corrected chi connectivity index (χ0v) is 25.9. The Hall–Kier alpha value is -5.54. The van der Waals surface area contributed by atoms with Gasteiger partial charge in [0.25, 0.3) is 0 Å². The molecule has 216 valence electrons. The Bertz CT molecular complexity index is 2430. The van der Waals surface area contributed by atoms with Crippen molar-refractivity contribution in [2.45, 2.75) is 13.8 Å². The SMILES string of the molecule is CC1(C)C2=C(C(c3ccccc3)=C1c1ccccc1)N(c1ccccc1)c1cccc3c1B2c1cccc2c4ccccc4n-3c12. The average Bonchev–Trinajstić information content (AvgIpc) is 3.57. The minimum absolute atomic E-state index is 0.108. The van der Waals surface area contributed by atoms with Crippen LogP contribution in [0, 0.1) is 5.41 Å². The highest BCUT2D eigenvalue weighted by Crippen LogP contribution is 2.60. The first-order chi connectivity index (χ1) is 22.6. The number of aromatic nitrogens is 1. The van der Waals surface area contributed by atoms with Crippen LogP contribution < -0.4 is 15.8 Å². The van der Waals surface area contributed by atoms with Crippen LogP contribution in [0.3, 0.4) is 0 Å². The van der Waals surface area contributed by atoms with Crippen LogP contribution in [0.15, 0.2) is 163 Å². The van der Waals surface area contributed by atoms with Crippen molar-refractivity contribution in [2.75, 3.05) is 4.90 Å². The second-order valence-electron chi connectivity index (χ2n) is 13.3. The predicted molar refractivity (Wildman–Crippen MR) is 195 cm³/mol. The number of anilines is 2. The van der Waals surface area contributed by atoms with Crippen molar-refractivity contribution in [1.29, 1.82) is 0 Å². The fourth-order valence-corrected chi connectivity index (χ4v) is 8.90. The standard InChI is InChI=1S/C43H31BN2/c1-43(2)38(29-18-8-4-9-19-29)37(28-16-6-3-7-17-28)41-42(43)44-33-24-14-23-32-31-22-12-13-25-34(31)46(40(32)33)36-27-15-26-35(39(36)44)45(41)30-20-10-5-11-21-30/h3-27H,1-2H3. The number of allylic oxidation sites excluding steroid dienone is 3. The van der Waals surface area contributed by atoms with Gasteiger partial charge in [-0.25, -0.2) is 0 Å². The summed E-state index contributed by atoms with van der Waals surface area (Å²) in [7, 11) is 0. The summed E-state index contributed by atoms with van der Waals surface area (Å²) >= 11 is 0. The Morgan fingerprint density at radius 2 is 1.15 bits per heavy atom. The molecule has 0 amide bonds. The van der Waals surface area contributed by atoms with Gasteiger partial charge in [0.05, 0.1) is 5.52 Å². The molecule has 3 heterocycles. The lowest BCUT2D eigenvalue weighted by Crippen LogP contribution is -2.56. The van der Waals surface area contributed by atoms with Gasteiger partial charge in [0.2, 0.25) is 6.71 Å². The van der Waals surface area contributed by atoms with Crippen molar-refractivity contribution in [3.05, 3.63) is 174 Å². The first-order valence-corrected chi connectivity index (χ1v) is 16.3. The molecule has 46 heavy (non-hydrogen) atoms. The first kappa shape index (κ1) is 25.8. The van der Waals surface area contributed by atoms with E-state index in [4.69, 9.17) is 0 Å². The van der Waals surface area contributed by atoms with Crippen molar-refractivity contribution in [2.24, 2.45) is 5.41 Å². The minimum Gasteiger partial charge on any atom is -0.311 e. The molecule has 1 aromatic heterocycles. The van der Waals surface area contributed by atoms with E-state index in [0.717, 1.165) is 0 Å². The number of rotatable bonds is 3. The van der Waals surface area contributed by atoms with E-state index in [1.165, 1.54) is 83.2 Å². The number of para-hydroxylation sites is 3. The summed E-state index contributed by atoms with van der Waals surface area (Å²) in [6, 6.07) is 55.9. The van der Waals surface area contributed by atoms with E-state index in [2.05, 4.69) is 175 Å². The van der Waals surface area contributed by atoms with E-state index in [0.29, 0.717) is 0 Å². The molecule has 0 spiro atoms. The van der Waals surface area contributed by atoms with Crippen LogP contribution in [0.25, 0.3) is 38.6 Å². The van der Waals surface area contributed by atoms with Crippen LogP contribution in [0.1, 0.15) is 25.0 Å². The number of fused-ring (bicyclic) bond motifs is 6. The number of nitrogens with zero attached hydrogens (tertiary/aromatic N) is 2. The maximum absolute atomic E-state index is 2.57. The lowest BCUT2D eigenvalue weighted by atomic mass is 9.30. The molecule has 1 aliphatic carbocycles. The largest absolute Gasteiger partial charge is 0.311 e. The van der Waals surface area contributed by atoms with Crippen molar-refractivity contribution in [1.82, 2.24) is 4.57 Å². The van der Waals surface area contributed by atoms with Gasteiger partial charge in [0.1, 0.15) is 0 Å². The van der Waals surface area contributed by atoms with Crippen molar-refractivity contribution in [3.8, 4) is 5.69 Å². The van der Waals surface area contributed by atoms with Gasteiger partial charge in [0, 0.05) is 50.0 Å². The molecule has 0 N–H and O–H groups in total. The summed E-state index contributed by atoms with van der Waals surface area (Å²) in [4.78, 5) is 2.57. The zero-order valence-electron chi connectivity index (χ0n) is 25.9.